The van der Waals surface area contributed by atoms with Crippen LogP contribution in [0.4, 0.5) is 4.79 Å². The van der Waals surface area contributed by atoms with Gasteiger partial charge in [-0.25, -0.2) is 14.4 Å². The Balaban J connectivity index is 1.77. The topological polar surface area (TPSA) is 125 Å². The first-order chi connectivity index (χ1) is 13.4. The molecule has 150 valence electrons. The fourth-order valence-electron chi connectivity index (χ4n) is 2.63. The summed E-state index contributed by atoms with van der Waals surface area (Å²) < 4.78 is 19.3. The molecule has 1 aliphatic carbocycles. The number of esters is 2. The monoisotopic (exact) mass is 392 g/mol. The Kier molecular flexibility index (Phi) is 7.55. The van der Waals surface area contributed by atoms with E-state index >= 15 is 0 Å². The Morgan fingerprint density at radius 1 is 1.04 bits per heavy atom. The second-order valence-corrected chi connectivity index (χ2v) is 6.02. The van der Waals surface area contributed by atoms with Crippen molar-refractivity contribution in [2.24, 2.45) is 5.92 Å². The van der Waals surface area contributed by atoms with Crippen LogP contribution in [-0.4, -0.2) is 42.1 Å². The van der Waals surface area contributed by atoms with E-state index in [4.69, 9.17) is 14.6 Å². The lowest BCUT2D eigenvalue weighted by Crippen LogP contribution is -2.27. The van der Waals surface area contributed by atoms with E-state index in [9.17, 15) is 19.2 Å². The first kappa shape index (κ1) is 20.9. The summed E-state index contributed by atoms with van der Waals surface area (Å²) in [4.78, 5) is 45.3. The number of rotatable bonds is 7. The molecular weight excluding hydrogens is 372 g/mol. The average molecular weight is 392 g/mol. The van der Waals surface area contributed by atoms with E-state index in [1.807, 2.05) is 0 Å². The van der Waals surface area contributed by atoms with Crippen molar-refractivity contribution in [2.75, 3.05) is 6.79 Å². The second-order valence-electron chi connectivity index (χ2n) is 6.02. The van der Waals surface area contributed by atoms with Gasteiger partial charge in [-0.05, 0) is 49.9 Å². The van der Waals surface area contributed by atoms with E-state index in [2.05, 4.69) is 16.1 Å². The third kappa shape index (κ3) is 6.42. The molecule has 1 saturated carbocycles. The summed E-state index contributed by atoms with van der Waals surface area (Å²) in [6.45, 7) is 2.58. The van der Waals surface area contributed by atoms with Crippen LogP contribution in [0, 0.1) is 5.92 Å². The molecule has 0 aliphatic heterocycles. The number of carbonyl (C=O) groups excluding carboxylic acids is 3. The van der Waals surface area contributed by atoms with E-state index in [0.29, 0.717) is 25.7 Å². The quantitative estimate of drug-likeness (QED) is 0.322. The van der Waals surface area contributed by atoms with Gasteiger partial charge in [-0.2, -0.15) is 0 Å². The molecule has 0 heterocycles. The third-order valence-corrected chi connectivity index (χ3v) is 4.13. The maximum Gasteiger partial charge on any atom is 0.516 e. The van der Waals surface area contributed by atoms with Gasteiger partial charge in [0.25, 0.3) is 0 Å². The minimum absolute atomic E-state index is 0.124. The van der Waals surface area contributed by atoms with E-state index < -0.39 is 30.9 Å². The van der Waals surface area contributed by atoms with Crippen LogP contribution in [0.15, 0.2) is 36.9 Å². The SMILES string of the molecule is C=CC(=O)OCOC(=O)Oc1ccc(C(=O)OC2CCC(C(=O)O)CC2)cc1. The molecule has 9 nitrogen and oxygen atoms in total. The number of hydrogen-bond acceptors (Lipinski definition) is 8. The molecule has 1 aromatic rings. The molecule has 0 radical (unpaired) electrons. The Morgan fingerprint density at radius 3 is 2.25 bits per heavy atom. The Bertz CT molecular complexity index is 730. The molecule has 28 heavy (non-hydrogen) atoms. The first-order valence-corrected chi connectivity index (χ1v) is 8.56. The van der Waals surface area contributed by atoms with Crippen LogP contribution in [-0.2, 0) is 23.8 Å². The summed E-state index contributed by atoms with van der Waals surface area (Å²) in [6, 6.07) is 5.61. The molecule has 2 rings (SSSR count). The van der Waals surface area contributed by atoms with Gasteiger partial charge >= 0.3 is 24.1 Å². The summed E-state index contributed by atoms with van der Waals surface area (Å²) in [7, 11) is 0. The maximum absolute atomic E-state index is 12.2. The molecule has 1 aromatic carbocycles. The minimum atomic E-state index is -1.08. The van der Waals surface area contributed by atoms with Crippen molar-refractivity contribution in [3.05, 3.63) is 42.5 Å². The molecule has 1 fully saturated rings. The van der Waals surface area contributed by atoms with Crippen molar-refractivity contribution < 1.29 is 43.2 Å². The molecule has 0 bridgehead atoms. The normalized spacial score (nSPS) is 18.4. The van der Waals surface area contributed by atoms with E-state index in [1.54, 1.807) is 0 Å². The zero-order valence-corrected chi connectivity index (χ0v) is 15.0. The number of carboxylic acid groups (broad SMARTS) is 1. The van der Waals surface area contributed by atoms with Gasteiger partial charge in [0.15, 0.2) is 0 Å². The van der Waals surface area contributed by atoms with Gasteiger partial charge in [-0.15, -0.1) is 0 Å². The Labute approximate surface area is 160 Å². The predicted molar refractivity (Wildman–Crippen MR) is 93.5 cm³/mol. The Morgan fingerprint density at radius 2 is 1.68 bits per heavy atom. The van der Waals surface area contributed by atoms with Crippen LogP contribution in [0.5, 0.6) is 5.75 Å². The van der Waals surface area contributed by atoms with Crippen molar-refractivity contribution in [1.82, 2.24) is 0 Å². The fourth-order valence-corrected chi connectivity index (χ4v) is 2.63. The summed E-state index contributed by atoms with van der Waals surface area (Å²) >= 11 is 0. The highest BCUT2D eigenvalue weighted by Gasteiger charge is 2.28. The lowest BCUT2D eigenvalue weighted by atomic mass is 9.87. The molecule has 1 aliphatic rings. The van der Waals surface area contributed by atoms with Gasteiger partial charge in [0.05, 0.1) is 11.5 Å². The van der Waals surface area contributed by atoms with Crippen molar-refractivity contribution in [3.8, 4) is 5.75 Å². The lowest BCUT2D eigenvalue weighted by Gasteiger charge is -2.25. The molecule has 9 heteroatoms. The zero-order chi connectivity index (χ0) is 20.5. The summed E-state index contributed by atoms with van der Waals surface area (Å²) in [6.07, 6.45) is 1.49. The van der Waals surface area contributed by atoms with Crippen LogP contribution >= 0.6 is 0 Å². The van der Waals surface area contributed by atoms with Crippen LogP contribution in [0.1, 0.15) is 36.0 Å². The van der Waals surface area contributed by atoms with E-state index in [1.165, 1.54) is 24.3 Å². The van der Waals surface area contributed by atoms with Crippen molar-refractivity contribution >= 4 is 24.1 Å². The van der Waals surface area contributed by atoms with Gasteiger partial charge in [0.1, 0.15) is 11.9 Å². The molecule has 0 aromatic heterocycles. The molecule has 0 saturated heterocycles. The van der Waals surface area contributed by atoms with Gasteiger partial charge < -0.3 is 24.1 Å². The van der Waals surface area contributed by atoms with Crippen LogP contribution in [0.25, 0.3) is 0 Å². The molecule has 0 atom stereocenters. The van der Waals surface area contributed by atoms with Gasteiger partial charge in [0.2, 0.25) is 6.79 Å². The minimum Gasteiger partial charge on any atom is -0.481 e. The predicted octanol–water partition coefficient (Wildman–Crippen LogP) is 2.69. The number of benzene rings is 1. The first-order valence-electron chi connectivity index (χ1n) is 8.56. The maximum atomic E-state index is 12.2. The van der Waals surface area contributed by atoms with Gasteiger partial charge in [-0.1, -0.05) is 6.58 Å². The molecule has 1 N–H and O–H groups in total. The van der Waals surface area contributed by atoms with Crippen LogP contribution < -0.4 is 4.74 Å². The number of aliphatic carboxylic acids is 1. The molecule has 0 spiro atoms. The van der Waals surface area contributed by atoms with Crippen molar-refractivity contribution in [2.45, 2.75) is 31.8 Å². The number of carboxylic acids is 1. The average Bonchev–Trinajstić information content (AvgIpc) is 2.68. The molecular formula is C19H20O9. The standard InChI is InChI=1S/C19H20O9/c1-2-16(20)25-11-26-19(24)28-15-9-5-13(6-10-15)18(23)27-14-7-3-12(4-8-14)17(21)22/h2,5-6,9-10,12,14H,1,3-4,7-8,11H2,(H,21,22). The summed E-state index contributed by atoms with van der Waals surface area (Å²) in [5.41, 5.74) is 0.265. The highest BCUT2D eigenvalue weighted by atomic mass is 16.8. The highest BCUT2D eigenvalue weighted by Crippen LogP contribution is 2.27. The molecule has 0 unspecified atom stereocenters. The van der Waals surface area contributed by atoms with E-state index in [0.717, 1.165) is 6.08 Å². The van der Waals surface area contributed by atoms with Crippen molar-refractivity contribution in [1.29, 1.82) is 0 Å². The smallest absolute Gasteiger partial charge is 0.481 e. The number of carbonyl (C=O) groups is 4. The van der Waals surface area contributed by atoms with Crippen molar-refractivity contribution in [3.63, 3.8) is 0 Å². The third-order valence-electron chi connectivity index (χ3n) is 4.13. The fraction of sp³-hybridized carbons (Fsp3) is 0.368. The van der Waals surface area contributed by atoms with E-state index in [-0.39, 0.29) is 23.3 Å². The van der Waals surface area contributed by atoms with Crippen LogP contribution in [0.3, 0.4) is 0 Å². The lowest BCUT2D eigenvalue weighted by molar-refractivity contribution is -0.146. The highest BCUT2D eigenvalue weighted by molar-refractivity contribution is 5.89. The number of hydrogen-bond donors (Lipinski definition) is 1. The zero-order valence-electron chi connectivity index (χ0n) is 15.0. The van der Waals surface area contributed by atoms with Crippen LogP contribution in [0.2, 0.25) is 0 Å². The van der Waals surface area contributed by atoms with Gasteiger partial charge in [0, 0.05) is 6.08 Å². The molecule has 0 amide bonds. The number of ether oxygens (including phenoxy) is 4. The second kappa shape index (κ2) is 10.1. The summed E-state index contributed by atoms with van der Waals surface area (Å²) in [5, 5.41) is 8.98. The summed E-state index contributed by atoms with van der Waals surface area (Å²) in [5.74, 6) is -2.36. The largest absolute Gasteiger partial charge is 0.516 e. The van der Waals surface area contributed by atoms with Gasteiger partial charge in [-0.3, -0.25) is 4.79 Å². The Hall–Kier alpha value is -3.36.